The summed E-state index contributed by atoms with van der Waals surface area (Å²) < 4.78 is 11.2. The average molecular weight is 222 g/mol. The van der Waals surface area contributed by atoms with Crippen molar-refractivity contribution in [3.8, 4) is 11.5 Å². The fraction of sp³-hybridized carbons (Fsp3) is 0.538. The molecule has 0 aliphatic carbocycles. The van der Waals surface area contributed by atoms with E-state index in [1.807, 2.05) is 19.1 Å². The first-order valence-corrected chi connectivity index (χ1v) is 5.74. The lowest BCUT2D eigenvalue weighted by atomic mass is 10.0. The van der Waals surface area contributed by atoms with Crippen LogP contribution in [0.25, 0.3) is 0 Å². The van der Waals surface area contributed by atoms with Gasteiger partial charge in [-0.2, -0.15) is 0 Å². The smallest absolute Gasteiger partial charge is 0.161 e. The van der Waals surface area contributed by atoms with Crippen LogP contribution in [0.1, 0.15) is 24.5 Å². The highest BCUT2D eigenvalue weighted by atomic mass is 16.5. The van der Waals surface area contributed by atoms with E-state index in [0.717, 1.165) is 29.0 Å². The number of hydrogen-bond acceptors (Lipinski definition) is 3. The van der Waals surface area contributed by atoms with Crippen LogP contribution in [-0.2, 0) is 6.42 Å². The molecule has 0 bridgehead atoms. The third kappa shape index (κ3) is 2.47. The molecular formula is C13H18O3. The minimum Gasteiger partial charge on any atom is -0.490 e. The van der Waals surface area contributed by atoms with Gasteiger partial charge in [0, 0.05) is 6.42 Å². The van der Waals surface area contributed by atoms with Crippen LogP contribution >= 0.6 is 0 Å². The topological polar surface area (TPSA) is 38.7 Å². The summed E-state index contributed by atoms with van der Waals surface area (Å²) in [7, 11) is 0. The maximum absolute atomic E-state index is 9.42. The molecule has 1 aromatic carbocycles. The van der Waals surface area contributed by atoms with Crippen LogP contribution in [0.3, 0.4) is 0 Å². The Kier molecular flexibility index (Phi) is 3.34. The van der Waals surface area contributed by atoms with Crippen molar-refractivity contribution >= 4 is 0 Å². The highest BCUT2D eigenvalue weighted by molar-refractivity contribution is 5.47. The molecule has 0 saturated heterocycles. The van der Waals surface area contributed by atoms with E-state index in [1.165, 1.54) is 0 Å². The Bertz CT molecular complexity index is 372. The van der Waals surface area contributed by atoms with Gasteiger partial charge in [-0.1, -0.05) is 0 Å². The van der Waals surface area contributed by atoms with Gasteiger partial charge in [-0.15, -0.1) is 0 Å². The van der Waals surface area contributed by atoms with Crippen LogP contribution in [0.4, 0.5) is 0 Å². The first kappa shape index (κ1) is 11.3. The fourth-order valence-electron chi connectivity index (χ4n) is 1.89. The Hall–Kier alpha value is -1.22. The molecule has 0 spiro atoms. The summed E-state index contributed by atoms with van der Waals surface area (Å²) in [5, 5.41) is 9.42. The Morgan fingerprint density at radius 1 is 1.25 bits per heavy atom. The van der Waals surface area contributed by atoms with Crippen LogP contribution < -0.4 is 9.47 Å². The third-order valence-corrected chi connectivity index (χ3v) is 2.72. The standard InChI is InChI=1S/C13H18O3/c1-9-6-12-13(16-5-3-4-15-12)8-11(9)7-10(2)14/h6,8,10,14H,3-5,7H2,1-2H3. The molecule has 1 N–H and O–H groups in total. The maximum Gasteiger partial charge on any atom is 0.161 e. The highest BCUT2D eigenvalue weighted by Gasteiger charge is 2.13. The molecule has 1 aliphatic rings. The van der Waals surface area contributed by atoms with E-state index in [9.17, 15) is 5.11 Å². The van der Waals surface area contributed by atoms with Crippen molar-refractivity contribution in [3.63, 3.8) is 0 Å². The van der Waals surface area contributed by atoms with E-state index in [2.05, 4.69) is 0 Å². The molecule has 0 saturated carbocycles. The largest absolute Gasteiger partial charge is 0.490 e. The van der Waals surface area contributed by atoms with Gasteiger partial charge in [0.05, 0.1) is 19.3 Å². The predicted octanol–water partition coefficient (Wildman–Crippen LogP) is 2.08. The molecule has 0 amide bonds. The number of ether oxygens (including phenoxy) is 2. The van der Waals surface area contributed by atoms with Gasteiger partial charge in [-0.25, -0.2) is 0 Å². The molecule has 88 valence electrons. The van der Waals surface area contributed by atoms with Gasteiger partial charge < -0.3 is 14.6 Å². The number of hydrogen-bond donors (Lipinski definition) is 1. The second-order valence-corrected chi connectivity index (χ2v) is 4.33. The first-order valence-electron chi connectivity index (χ1n) is 5.74. The number of aliphatic hydroxyl groups excluding tert-OH is 1. The highest BCUT2D eigenvalue weighted by Crippen LogP contribution is 2.33. The third-order valence-electron chi connectivity index (χ3n) is 2.72. The van der Waals surface area contributed by atoms with Gasteiger partial charge in [0.15, 0.2) is 11.5 Å². The van der Waals surface area contributed by atoms with Gasteiger partial charge >= 0.3 is 0 Å². The molecule has 16 heavy (non-hydrogen) atoms. The molecule has 3 heteroatoms. The Morgan fingerprint density at radius 3 is 2.50 bits per heavy atom. The summed E-state index contributed by atoms with van der Waals surface area (Å²) in [5.74, 6) is 1.63. The summed E-state index contributed by atoms with van der Waals surface area (Å²) in [4.78, 5) is 0. The summed E-state index contributed by atoms with van der Waals surface area (Å²) >= 11 is 0. The van der Waals surface area contributed by atoms with Crippen molar-refractivity contribution in [1.82, 2.24) is 0 Å². The van der Waals surface area contributed by atoms with E-state index in [-0.39, 0.29) is 6.10 Å². The van der Waals surface area contributed by atoms with Crippen LogP contribution in [-0.4, -0.2) is 24.4 Å². The molecule has 1 aromatic rings. The number of rotatable bonds is 2. The van der Waals surface area contributed by atoms with Gasteiger partial charge in [0.25, 0.3) is 0 Å². The lowest BCUT2D eigenvalue weighted by molar-refractivity contribution is 0.195. The van der Waals surface area contributed by atoms with Crippen LogP contribution in [0, 0.1) is 6.92 Å². The molecule has 1 heterocycles. The zero-order valence-electron chi connectivity index (χ0n) is 9.82. The lowest BCUT2D eigenvalue weighted by Crippen LogP contribution is -2.06. The van der Waals surface area contributed by atoms with Crippen molar-refractivity contribution in [2.45, 2.75) is 32.8 Å². The Balaban J connectivity index is 2.31. The van der Waals surface area contributed by atoms with Crippen molar-refractivity contribution in [3.05, 3.63) is 23.3 Å². The number of aliphatic hydroxyl groups is 1. The molecule has 3 nitrogen and oxygen atoms in total. The lowest BCUT2D eigenvalue weighted by Gasteiger charge is -2.13. The SMILES string of the molecule is Cc1cc2c(cc1CC(C)O)OCCCO2. The van der Waals surface area contributed by atoms with Gasteiger partial charge in [0.1, 0.15) is 0 Å². The summed E-state index contributed by atoms with van der Waals surface area (Å²) in [6.07, 6.45) is 1.24. The normalized spacial score (nSPS) is 16.7. The van der Waals surface area contributed by atoms with Gasteiger partial charge in [-0.05, 0) is 43.5 Å². The second kappa shape index (κ2) is 4.74. The van der Waals surface area contributed by atoms with E-state index < -0.39 is 0 Å². The molecule has 1 unspecified atom stereocenters. The molecule has 2 rings (SSSR count). The van der Waals surface area contributed by atoms with Crippen LogP contribution in [0.5, 0.6) is 11.5 Å². The van der Waals surface area contributed by atoms with Gasteiger partial charge in [-0.3, -0.25) is 0 Å². The minimum absolute atomic E-state index is 0.330. The van der Waals surface area contributed by atoms with Crippen molar-refractivity contribution < 1.29 is 14.6 Å². The molecule has 1 atom stereocenters. The van der Waals surface area contributed by atoms with Crippen LogP contribution in [0.2, 0.25) is 0 Å². The maximum atomic E-state index is 9.42. The van der Waals surface area contributed by atoms with Gasteiger partial charge in [0.2, 0.25) is 0 Å². The number of fused-ring (bicyclic) bond motifs is 1. The second-order valence-electron chi connectivity index (χ2n) is 4.33. The monoisotopic (exact) mass is 222 g/mol. The number of aryl methyl sites for hydroxylation is 1. The summed E-state index contributed by atoms with van der Waals surface area (Å²) in [6.45, 7) is 5.24. The number of benzene rings is 1. The summed E-state index contributed by atoms with van der Waals surface area (Å²) in [5.41, 5.74) is 2.27. The Labute approximate surface area is 96.0 Å². The van der Waals surface area contributed by atoms with E-state index in [4.69, 9.17) is 9.47 Å². The van der Waals surface area contributed by atoms with E-state index in [1.54, 1.807) is 6.92 Å². The average Bonchev–Trinajstić information content (AvgIpc) is 2.42. The van der Waals surface area contributed by atoms with Crippen molar-refractivity contribution in [1.29, 1.82) is 0 Å². The molecule has 0 aromatic heterocycles. The molecule has 1 aliphatic heterocycles. The Morgan fingerprint density at radius 2 is 1.88 bits per heavy atom. The molecule has 0 fully saturated rings. The zero-order chi connectivity index (χ0) is 11.5. The van der Waals surface area contributed by atoms with Crippen molar-refractivity contribution in [2.24, 2.45) is 0 Å². The molecule has 0 radical (unpaired) electrons. The summed E-state index contributed by atoms with van der Waals surface area (Å²) in [6, 6.07) is 3.99. The fourth-order valence-corrected chi connectivity index (χ4v) is 1.89. The van der Waals surface area contributed by atoms with Crippen molar-refractivity contribution in [2.75, 3.05) is 13.2 Å². The molecular weight excluding hydrogens is 204 g/mol. The van der Waals surface area contributed by atoms with Crippen LogP contribution in [0.15, 0.2) is 12.1 Å². The minimum atomic E-state index is -0.330. The predicted molar refractivity (Wildman–Crippen MR) is 62.2 cm³/mol. The quantitative estimate of drug-likeness (QED) is 0.832. The van der Waals surface area contributed by atoms with E-state index >= 15 is 0 Å². The van der Waals surface area contributed by atoms with E-state index in [0.29, 0.717) is 19.6 Å². The zero-order valence-corrected chi connectivity index (χ0v) is 9.82. The first-order chi connectivity index (χ1) is 7.66.